The van der Waals surface area contributed by atoms with Gasteiger partial charge in [-0.05, 0) is 63.4 Å². The third-order valence-corrected chi connectivity index (χ3v) is 5.87. The number of rotatable bonds is 4. The Kier molecular flexibility index (Phi) is 4.44. The predicted octanol–water partition coefficient (Wildman–Crippen LogP) is 1.67. The van der Waals surface area contributed by atoms with Crippen LogP contribution in [0.15, 0.2) is 4.79 Å². The van der Waals surface area contributed by atoms with Gasteiger partial charge < -0.3 is 5.32 Å². The number of aryl methyl sites for hydroxylation is 1. The largest absolute Gasteiger partial charge is 0.352 e. The summed E-state index contributed by atoms with van der Waals surface area (Å²) in [4.78, 5) is 24.6. The molecule has 0 aromatic carbocycles. The lowest BCUT2D eigenvalue weighted by Crippen LogP contribution is -2.43. The lowest BCUT2D eigenvalue weighted by atomic mass is 9.84. The topological polar surface area (TPSA) is 87.8 Å². The van der Waals surface area contributed by atoms with Crippen LogP contribution in [0.4, 0.5) is 0 Å². The van der Waals surface area contributed by atoms with Crippen LogP contribution in [-0.4, -0.2) is 21.7 Å². The second-order valence-electron chi connectivity index (χ2n) is 7.35. The Balaban J connectivity index is 1.68. The van der Waals surface area contributed by atoms with Crippen LogP contribution in [0.25, 0.3) is 0 Å². The Morgan fingerprint density at radius 1 is 1.42 bits per heavy atom. The number of hydrogen-bond acceptors (Lipinski definition) is 4. The number of nitriles is 1. The molecule has 2 bridgehead atoms. The third-order valence-electron chi connectivity index (χ3n) is 5.87. The van der Waals surface area contributed by atoms with Crippen LogP contribution < -0.4 is 10.9 Å². The number of aromatic nitrogens is 2. The molecule has 1 N–H and O–H groups in total. The van der Waals surface area contributed by atoms with Crippen LogP contribution in [0.3, 0.4) is 0 Å². The highest BCUT2D eigenvalue weighted by Crippen LogP contribution is 2.49. The molecule has 0 radical (unpaired) electrons. The monoisotopic (exact) mass is 328 g/mol. The molecule has 1 heterocycles. The summed E-state index contributed by atoms with van der Waals surface area (Å²) in [5, 5.41) is 16.3. The molecule has 6 nitrogen and oxygen atoms in total. The fraction of sp³-hybridized carbons (Fsp3) is 0.667. The van der Waals surface area contributed by atoms with Gasteiger partial charge in [0.25, 0.3) is 5.56 Å². The van der Waals surface area contributed by atoms with Gasteiger partial charge in [-0.1, -0.05) is 6.42 Å². The second kappa shape index (κ2) is 6.39. The van der Waals surface area contributed by atoms with Crippen LogP contribution in [-0.2, 0) is 11.3 Å². The van der Waals surface area contributed by atoms with E-state index < -0.39 is 5.56 Å². The maximum absolute atomic E-state index is 12.3. The number of hydrogen-bond donors (Lipinski definition) is 1. The molecule has 0 aliphatic heterocycles. The van der Waals surface area contributed by atoms with Crippen molar-refractivity contribution in [3.8, 4) is 6.07 Å². The van der Waals surface area contributed by atoms with E-state index in [0.29, 0.717) is 17.2 Å². The Labute approximate surface area is 141 Å². The molecule has 24 heavy (non-hydrogen) atoms. The van der Waals surface area contributed by atoms with E-state index in [-0.39, 0.29) is 24.1 Å². The predicted molar refractivity (Wildman–Crippen MR) is 89.2 cm³/mol. The number of nitrogens with one attached hydrogen (secondary N) is 1. The Bertz CT molecular complexity index is 762. The van der Waals surface area contributed by atoms with Crippen LogP contribution in [0.5, 0.6) is 0 Å². The molecule has 1 aromatic heterocycles. The molecular formula is C18H24N4O2. The van der Waals surface area contributed by atoms with Gasteiger partial charge in [0.15, 0.2) is 0 Å². The maximum Gasteiger partial charge on any atom is 0.285 e. The summed E-state index contributed by atoms with van der Waals surface area (Å²) >= 11 is 0. The molecule has 2 fully saturated rings. The first kappa shape index (κ1) is 16.7. The highest BCUT2D eigenvalue weighted by atomic mass is 16.2. The maximum atomic E-state index is 12.3. The van der Waals surface area contributed by atoms with E-state index in [9.17, 15) is 9.59 Å². The van der Waals surface area contributed by atoms with E-state index in [0.717, 1.165) is 16.5 Å². The number of carbonyl (C=O) groups excluding carboxylic acids is 1. The lowest BCUT2D eigenvalue weighted by molar-refractivity contribution is -0.123. The molecule has 3 rings (SSSR count). The molecule has 0 spiro atoms. The summed E-state index contributed by atoms with van der Waals surface area (Å²) in [5.41, 5.74) is 0.745. The van der Waals surface area contributed by atoms with Gasteiger partial charge in [0, 0.05) is 6.04 Å². The van der Waals surface area contributed by atoms with Crippen molar-refractivity contribution < 1.29 is 4.79 Å². The van der Waals surface area contributed by atoms with Crippen molar-refractivity contribution in [2.45, 2.75) is 59.0 Å². The fourth-order valence-corrected chi connectivity index (χ4v) is 4.46. The molecule has 1 aromatic rings. The van der Waals surface area contributed by atoms with Crippen molar-refractivity contribution in [2.75, 3.05) is 0 Å². The summed E-state index contributed by atoms with van der Waals surface area (Å²) in [6.07, 6.45) is 5.11. The number of amides is 1. The summed E-state index contributed by atoms with van der Waals surface area (Å²) in [6, 6.07) is 2.03. The molecule has 2 aliphatic carbocycles. The van der Waals surface area contributed by atoms with Gasteiger partial charge in [-0.2, -0.15) is 10.4 Å². The van der Waals surface area contributed by atoms with Crippen molar-refractivity contribution in [3.05, 3.63) is 27.2 Å². The molecule has 2 saturated carbocycles. The molecule has 4 atom stereocenters. The van der Waals surface area contributed by atoms with Gasteiger partial charge in [-0.3, -0.25) is 9.59 Å². The van der Waals surface area contributed by atoms with E-state index in [1.807, 2.05) is 6.07 Å². The van der Waals surface area contributed by atoms with E-state index in [1.54, 1.807) is 13.8 Å². The smallest absolute Gasteiger partial charge is 0.285 e. The highest BCUT2D eigenvalue weighted by Gasteiger charge is 2.42. The summed E-state index contributed by atoms with van der Waals surface area (Å²) in [6.45, 7) is 5.35. The van der Waals surface area contributed by atoms with E-state index >= 15 is 0 Å². The molecule has 128 valence electrons. The zero-order chi connectivity index (χ0) is 17.4. The molecule has 2 aliphatic rings. The SMILES string of the molecule is Cc1nn(CC(=O)N[C@@H](C)[C@H]2C[C@H]3CC[C@H]2C3)c(=O)c(C#N)c1C. The number of nitrogens with zero attached hydrogens (tertiary/aromatic N) is 3. The van der Waals surface area contributed by atoms with Crippen molar-refractivity contribution in [2.24, 2.45) is 17.8 Å². The Hall–Kier alpha value is -2.16. The molecule has 0 unspecified atom stereocenters. The van der Waals surface area contributed by atoms with Gasteiger partial charge in [0.05, 0.1) is 5.69 Å². The van der Waals surface area contributed by atoms with E-state index in [4.69, 9.17) is 5.26 Å². The first-order valence-electron chi connectivity index (χ1n) is 8.68. The first-order chi connectivity index (χ1) is 11.4. The lowest BCUT2D eigenvalue weighted by Gasteiger charge is -2.28. The van der Waals surface area contributed by atoms with Gasteiger partial charge in [0.1, 0.15) is 18.2 Å². The van der Waals surface area contributed by atoms with E-state index in [2.05, 4.69) is 17.3 Å². The van der Waals surface area contributed by atoms with Crippen LogP contribution >= 0.6 is 0 Å². The normalized spacial score (nSPS) is 26.2. The van der Waals surface area contributed by atoms with Gasteiger partial charge >= 0.3 is 0 Å². The van der Waals surface area contributed by atoms with Gasteiger partial charge in [-0.15, -0.1) is 0 Å². The zero-order valence-corrected chi connectivity index (χ0v) is 14.5. The number of carbonyl (C=O) groups is 1. The van der Waals surface area contributed by atoms with Crippen LogP contribution in [0.1, 0.15) is 49.4 Å². The summed E-state index contributed by atoms with van der Waals surface area (Å²) in [7, 11) is 0. The highest BCUT2D eigenvalue weighted by molar-refractivity contribution is 5.76. The summed E-state index contributed by atoms with van der Waals surface area (Å²) in [5.74, 6) is 1.90. The Morgan fingerprint density at radius 2 is 2.17 bits per heavy atom. The molecule has 6 heteroatoms. The van der Waals surface area contributed by atoms with Crippen molar-refractivity contribution in [1.29, 1.82) is 5.26 Å². The number of fused-ring (bicyclic) bond motifs is 2. The van der Waals surface area contributed by atoms with Gasteiger partial charge in [-0.25, -0.2) is 4.68 Å². The minimum atomic E-state index is -0.497. The first-order valence-corrected chi connectivity index (χ1v) is 8.68. The minimum absolute atomic E-state index is 0.0662. The summed E-state index contributed by atoms with van der Waals surface area (Å²) < 4.78 is 1.10. The van der Waals surface area contributed by atoms with Crippen molar-refractivity contribution >= 4 is 5.91 Å². The van der Waals surface area contributed by atoms with Crippen molar-refractivity contribution in [1.82, 2.24) is 15.1 Å². The molecule has 0 saturated heterocycles. The van der Waals surface area contributed by atoms with E-state index in [1.165, 1.54) is 25.7 Å². The standard InChI is InChI=1S/C18H24N4O2/c1-10-11(2)21-22(18(24)16(10)8-19)9-17(23)20-12(3)15-7-13-4-5-14(15)6-13/h12-15H,4-7,9H2,1-3H3,(H,20,23)/t12-,13-,14-,15+/m0/s1. The quantitative estimate of drug-likeness (QED) is 0.911. The average molecular weight is 328 g/mol. The van der Waals surface area contributed by atoms with Crippen LogP contribution in [0, 0.1) is 42.9 Å². The minimum Gasteiger partial charge on any atom is -0.352 e. The molecular weight excluding hydrogens is 304 g/mol. The van der Waals surface area contributed by atoms with Crippen molar-refractivity contribution in [3.63, 3.8) is 0 Å². The fourth-order valence-electron chi connectivity index (χ4n) is 4.46. The molecule has 1 amide bonds. The second-order valence-corrected chi connectivity index (χ2v) is 7.35. The van der Waals surface area contributed by atoms with Crippen LogP contribution in [0.2, 0.25) is 0 Å². The van der Waals surface area contributed by atoms with Gasteiger partial charge in [0.2, 0.25) is 5.91 Å². The zero-order valence-electron chi connectivity index (χ0n) is 14.5. The Morgan fingerprint density at radius 3 is 2.75 bits per heavy atom. The average Bonchev–Trinajstić information content (AvgIpc) is 3.16. The third kappa shape index (κ3) is 2.95.